The van der Waals surface area contributed by atoms with Gasteiger partial charge in [0.1, 0.15) is 17.3 Å². The molecule has 0 unspecified atom stereocenters. The van der Waals surface area contributed by atoms with Crippen molar-refractivity contribution in [3.63, 3.8) is 0 Å². The van der Waals surface area contributed by atoms with Crippen LogP contribution in [-0.2, 0) is 6.54 Å². The van der Waals surface area contributed by atoms with E-state index in [4.69, 9.17) is 4.74 Å². The number of hydrogen-bond donors (Lipinski definition) is 1. The Morgan fingerprint density at radius 3 is 2.48 bits per heavy atom. The molecule has 0 radical (unpaired) electrons. The van der Waals surface area contributed by atoms with Crippen molar-refractivity contribution in [2.75, 3.05) is 6.54 Å². The van der Waals surface area contributed by atoms with Crippen LogP contribution in [0.4, 0.5) is 13.2 Å². The molecule has 21 heavy (non-hydrogen) atoms. The van der Waals surface area contributed by atoms with Gasteiger partial charge in [-0.1, -0.05) is 6.92 Å². The third-order valence-corrected chi connectivity index (χ3v) is 2.81. The quantitative estimate of drug-likeness (QED) is 0.798. The molecule has 0 spiro atoms. The summed E-state index contributed by atoms with van der Waals surface area (Å²) in [7, 11) is 0. The highest BCUT2D eigenvalue weighted by molar-refractivity contribution is 5.35. The van der Waals surface area contributed by atoms with Gasteiger partial charge in [0.15, 0.2) is 11.6 Å². The minimum Gasteiger partial charge on any atom is -0.457 e. The minimum atomic E-state index is -1.01. The van der Waals surface area contributed by atoms with Crippen LogP contribution in [0.15, 0.2) is 36.4 Å². The van der Waals surface area contributed by atoms with Gasteiger partial charge in [-0.2, -0.15) is 0 Å². The van der Waals surface area contributed by atoms with Gasteiger partial charge in [0, 0.05) is 18.7 Å². The van der Waals surface area contributed by atoms with Gasteiger partial charge in [0.2, 0.25) is 0 Å². The molecule has 2 rings (SSSR count). The van der Waals surface area contributed by atoms with Crippen molar-refractivity contribution in [3.8, 4) is 11.5 Å². The second kappa shape index (κ2) is 7.13. The number of halogens is 3. The van der Waals surface area contributed by atoms with Crippen molar-refractivity contribution >= 4 is 0 Å². The fraction of sp³-hybridized carbons (Fsp3) is 0.250. The van der Waals surface area contributed by atoms with Gasteiger partial charge in [-0.15, -0.1) is 0 Å². The molecule has 2 aromatic carbocycles. The maximum atomic E-state index is 13.5. The highest BCUT2D eigenvalue weighted by Gasteiger charge is 2.06. The molecular weight excluding hydrogens is 279 g/mol. The molecule has 0 aliphatic rings. The molecule has 0 saturated carbocycles. The molecule has 5 heteroatoms. The van der Waals surface area contributed by atoms with Crippen LogP contribution in [0.3, 0.4) is 0 Å². The van der Waals surface area contributed by atoms with E-state index in [1.54, 1.807) is 6.07 Å². The topological polar surface area (TPSA) is 21.3 Å². The van der Waals surface area contributed by atoms with Crippen LogP contribution in [0.1, 0.15) is 18.9 Å². The largest absolute Gasteiger partial charge is 0.457 e. The lowest BCUT2D eigenvalue weighted by atomic mass is 10.2. The first-order valence-electron chi connectivity index (χ1n) is 6.71. The molecule has 0 atom stereocenters. The zero-order valence-corrected chi connectivity index (χ0v) is 11.6. The summed E-state index contributed by atoms with van der Waals surface area (Å²) in [5.41, 5.74) is 0.723. The van der Waals surface area contributed by atoms with Crippen LogP contribution >= 0.6 is 0 Å². The smallest absolute Gasteiger partial charge is 0.162 e. The van der Waals surface area contributed by atoms with Crippen molar-refractivity contribution in [2.45, 2.75) is 19.9 Å². The fourth-order valence-electron chi connectivity index (χ4n) is 1.87. The number of rotatable bonds is 6. The summed E-state index contributed by atoms with van der Waals surface area (Å²) < 4.78 is 44.9. The molecular formula is C16H16F3NO. The van der Waals surface area contributed by atoms with Crippen LogP contribution < -0.4 is 10.1 Å². The minimum absolute atomic E-state index is 0.118. The van der Waals surface area contributed by atoms with E-state index in [2.05, 4.69) is 5.32 Å². The van der Waals surface area contributed by atoms with Gasteiger partial charge in [0.25, 0.3) is 0 Å². The molecule has 0 fully saturated rings. The molecule has 0 bridgehead atoms. The lowest BCUT2D eigenvalue weighted by Gasteiger charge is -2.09. The van der Waals surface area contributed by atoms with Gasteiger partial charge in [-0.3, -0.25) is 0 Å². The molecule has 0 amide bonds. The summed E-state index contributed by atoms with van der Waals surface area (Å²) in [6, 6.07) is 7.44. The van der Waals surface area contributed by atoms with Crippen molar-refractivity contribution < 1.29 is 17.9 Å². The van der Waals surface area contributed by atoms with Gasteiger partial charge >= 0.3 is 0 Å². The third kappa shape index (κ3) is 4.49. The molecule has 1 N–H and O–H groups in total. The molecule has 0 heterocycles. The summed E-state index contributed by atoms with van der Waals surface area (Å²) >= 11 is 0. The standard InChI is InChI=1S/C16H16F3NO/c1-2-5-20-10-11-6-12(17)8-14(7-11)21-13-3-4-15(18)16(19)9-13/h3-4,6-9,20H,2,5,10H2,1H3. The predicted octanol–water partition coefficient (Wildman–Crippen LogP) is 4.40. The van der Waals surface area contributed by atoms with Crippen molar-refractivity contribution in [2.24, 2.45) is 0 Å². The molecule has 112 valence electrons. The first-order chi connectivity index (χ1) is 10.1. The number of nitrogens with one attached hydrogen (secondary N) is 1. The third-order valence-electron chi connectivity index (χ3n) is 2.81. The van der Waals surface area contributed by atoms with Crippen LogP contribution in [0.25, 0.3) is 0 Å². The predicted molar refractivity (Wildman–Crippen MR) is 74.8 cm³/mol. The van der Waals surface area contributed by atoms with Gasteiger partial charge in [-0.05, 0) is 42.8 Å². The monoisotopic (exact) mass is 295 g/mol. The Kier molecular flexibility index (Phi) is 5.22. The average Bonchev–Trinajstić information content (AvgIpc) is 2.43. The Hall–Kier alpha value is -2.01. The number of hydrogen-bond acceptors (Lipinski definition) is 2. The van der Waals surface area contributed by atoms with Crippen LogP contribution in [0.2, 0.25) is 0 Å². The van der Waals surface area contributed by atoms with Crippen LogP contribution in [0, 0.1) is 17.5 Å². The maximum absolute atomic E-state index is 13.5. The zero-order valence-electron chi connectivity index (χ0n) is 11.6. The fourth-order valence-corrected chi connectivity index (χ4v) is 1.87. The van der Waals surface area contributed by atoms with E-state index >= 15 is 0 Å². The summed E-state index contributed by atoms with van der Waals surface area (Å²) in [6.07, 6.45) is 0.980. The summed E-state index contributed by atoms with van der Waals surface area (Å²) in [4.78, 5) is 0. The Morgan fingerprint density at radius 2 is 1.76 bits per heavy atom. The highest BCUT2D eigenvalue weighted by atomic mass is 19.2. The van der Waals surface area contributed by atoms with E-state index in [9.17, 15) is 13.2 Å². The van der Waals surface area contributed by atoms with Crippen LogP contribution in [0.5, 0.6) is 11.5 Å². The zero-order chi connectivity index (χ0) is 15.2. The van der Waals surface area contributed by atoms with Crippen LogP contribution in [-0.4, -0.2) is 6.54 Å². The SMILES string of the molecule is CCCNCc1cc(F)cc(Oc2ccc(F)c(F)c2)c1. The normalized spacial score (nSPS) is 10.7. The number of ether oxygens (including phenoxy) is 1. The molecule has 2 aromatic rings. The Bertz CT molecular complexity index is 616. The Labute approximate surface area is 121 Å². The first kappa shape index (κ1) is 15.4. The molecule has 0 aliphatic heterocycles. The van der Waals surface area contributed by atoms with Gasteiger partial charge in [0.05, 0.1) is 0 Å². The average molecular weight is 295 g/mol. The van der Waals surface area contributed by atoms with Gasteiger partial charge in [-0.25, -0.2) is 13.2 Å². The van der Waals surface area contributed by atoms with E-state index in [1.807, 2.05) is 6.92 Å². The molecule has 0 saturated heterocycles. The van der Waals surface area contributed by atoms with Crippen molar-refractivity contribution in [1.82, 2.24) is 5.32 Å². The Morgan fingerprint density at radius 1 is 0.952 bits per heavy atom. The molecule has 2 nitrogen and oxygen atoms in total. The lowest BCUT2D eigenvalue weighted by molar-refractivity contribution is 0.457. The Balaban J connectivity index is 2.13. The summed E-state index contributed by atoms with van der Waals surface area (Å²) in [5, 5.41) is 3.15. The van der Waals surface area contributed by atoms with Crippen molar-refractivity contribution in [3.05, 3.63) is 59.4 Å². The number of benzene rings is 2. The maximum Gasteiger partial charge on any atom is 0.162 e. The second-order valence-corrected chi connectivity index (χ2v) is 4.65. The lowest BCUT2D eigenvalue weighted by Crippen LogP contribution is -2.13. The van der Waals surface area contributed by atoms with Gasteiger partial charge < -0.3 is 10.1 Å². The van der Waals surface area contributed by atoms with E-state index in [-0.39, 0.29) is 11.5 Å². The van der Waals surface area contributed by atoms with E-state index in [0.717, 1.165) is 30.7 Å². The second-order valence-electron chi connectivity index (χ2n) is 4.65. The van der Waals surface area contributed by atoms with Crippen molar-refractivity contribution in [1.29, 1.82) is 0 Å². The van der Waals surface area contributed by atoms with E-state index < -0.39 is 17.5 Å². The molecule has 0 aliphatic carbocycles. The van der Waals surface area contributed by atoms with E-state index in [1.165, 1.54) is 18.2 Å². The summed E-state index contributed by atoms with van der Waals surface area (Å²) in [5.74, 6) is -2.04. The summed E-state index contributed by atoms with van der Waals surface area (Å²) in [6.45, 7) is 3.38. The highest BCUT2D eigenvalue weighted by Crippen LogP contribution is 2.25. The van der Waals surface area contributed by atoms with E-state index in [0.29, 0.717) is 6.54 Å². The molecule has 0 aromatic heterocycles. The first-order valence-corrected chi connectivity index (χ1v) is 6.71.